The summed E-state index contributed by atoms with van der Waals surface area (Å²) in [7, 11) is 0. The fourth-order valence-corrected chi connectivity index (χ4v) is 2.24. The van der Waals surface area contributed by atoms with Gasteiger partial charge in [0.05, 0.1) is 0 Å². The third-order valence-electron chi connectivity index (χ3n) is 3.18. The van der Waals surface area contributed by atoms with E-state index in [1.807, 2.05) is 12.3 Å². The number of aromatic nitrogens is 3. The SMILES string of the molecule is C#Cc1cc2ncccn2n1.c1cc2oc3cc2cc1-3. The van der Waals surface area contributed by atoms with Gasteiger partial charge in [0.15, 0.2) is 5.65 Å². The summed E-state index contributed by atoms with van der Waals surface area (Å²) in [4.78, 5) is 4.05. The molecule has 4 nitrogen and oxygen atoms in total. The van der Waals surface area contributed by atoms with Gasteiger partial charge < -0.3 is 4.42 Å². The van der Waals surface area contributed by atoms with Gasteiger partial charge in [-0.1, -0.05) is 0 Å². The first kappa shape index (κ1) is 10.8. The van der Waals surface area contributed by atoms with Gasteiger partial charge in [-0.3, -0.25) is 0 Å². The fraction of sp³-hybridized carbons (Fsp3) is 0. The molecule has 0 saturated carbocycles. The minimum atomic E-state index is 0.615. The highest BCUT2D eigenvalue weighted by atomic mass is 16.3. The summed E-state index contributed by atoms with van der Waals surface area (Å²) in [5.41, 5.74) is 3.63. The Morgan fingerprint density at radius 2 is 2.15 bits per heavy atom. The van der Waals surface area contributed by atoms with Crippen molar-refractivity contribution in [2.75, 3.05) is 0 Å². The predicted octanol–water partition coefficient (Wildman–Crippen LogP) is 3.12. The maximum absolute atomic E-state index is 5.34. The monoisotopic (exact) mass is 259 g/mol. The number of hydrogen-bond donors (Lipinski definition) is 0. The molecule has 1 aliphatic carbocycles. The van der Waals surface area contributed by atoms with Crippen molar-refractivity contribution in [1.82, 2.24) is 14.6 Å². The number of benzene rings is 1. The van der Waals surface area contributed by atoms with Crippen LogP contribution in [0.1, 0.15) is 5.69 Å². The van der Waals surface area contributed by atoms with E-state index < -0.39 is 0 Å². The van der Waals surface area contributed by atoms with Gasteiger partial charge in [0.1, 0.15) is 17.0 Å². The summed E-state index contributed by atoms with van der Waals surface area (Å²) in [6.07, 6.45) is 8.67. The largest absolute Gasteiger partial charge is 0.456 e. The van der Waals surface area contributed by atoms with Crippen molar-refractivity contribution in [3.63, 3.8) is 0 Å². The van der Waals surface area contributed by atoms with E-state index in [4.69, 9.17) is 10.8 Å². The number of terminal acetylenes is 1. The molecule has 1 aliphatic heterocycles. The third kappa shape index (κ3) is 1.57. The average Bonchev–Trinajstić information content (AvgIpc) is 3.18. The van der Waals surface area contributed by atoms with Crippen molar-refractivity contribution >= 4 is 16.6 Å². The van der Waals surface area contributed by atoms with Crippen molar-refractivity contribution in [3.8, 4) is 23.7 Å². The molecule has 4 heterocycles. The van der Waals surface area contributed by atoms with Gasteiger partial charge >= 0.3 is 0 Å². The number of rotatable bonds is 0. The molecule has 1 aromatic carbocycles. The van der Waals surface area contributed by atoms with Crippen molar-refractivity contribution in [2.45, 2.75) is 0 Å². The summed E-state index contributed by atoms with van der Waals surface area (Å²) in [5, 5.41) is 5.29. The number of hydrogen-bond acceptors (Lipinski definition) is 3. The normalized spacial score (nSPS) is 10.9. The highest BCUT2D eigenvalue weighted by Crippen LogP contribution is 2.36. The zero-order chi connectivity index (χ0) is 13.5. The molecule has 0 saturated heterocycles. The number of furan rings is 1. The molecule has 4 bridgehead atoms. The molecule has 4 aromatic rings. The second-order valence-electron chi connectivity index (χ2n) is 4.46. The van der Waals surface area contributed by atoms with Crippen molar-refractivity contribution in [3.05, 3.63) is 54.5 Å². The van der Waals surface area contributed by atoms with Gasteiger partial charge in [-0.05, 0) is 36.3 Å². The molecule has 4 heteroatoms. The highest BCUT2D eigenvalue weighted by Gasteiger charge is 2.13. The summed E-state index contributed by atoms with van der Waals surface area (Å²) < 4.78 is 6.99. The van der Waals surface area contributed by atoms with Gasteiger partial charge in [-0.25, -0.2) is 9.50 Å². The summed E-state index contributed by atoms with van der Waals surface area (Å²) in [5.74, 6) is 3.47. The van der Waals surface area contributed by atoms with E-state index in [1.54, 1.807) is 22.8 Å². The van der Waals surface area contributed by atoms with E-state index in [0.717, 1.165) is 17.0 Å². The molecule has 0 spiro atoms. The predicted molar refractivity (Wildman–Crippen MR) is 76.1 cm³/mol. The molecule has 0 radical (unpaired) electrons. The van der Waals surface area contributed by atoms with Gasteiger partial charge in [0.2, 0.25) is 0 Å². The van der Waals surface area contributed by atoms with Crippen LogP contribution in [0.2, 0.25) is 0 Å². The lowest BCUT2D eigenvalue weighted by Gasteiger charge is -1.97. The molecule has 20 heavy (non-hydrogen) atoms. The van der Waals surface area contributed by atoms with Crippen LogP contribution in [0.3, 0.4) is 0 Å². The smallest absolute Gasteiger partial charge is 0.156 e. The summed E-state index contributed by atoms with van der Waals surface area (Å²) in [6.45, 7) is 0. The van der Waals surface area contributed by atoms with E-state index in [1.165, 1.54) is 10.9 Å². The van der Waals surface area contributed by atoms with Crippen LogP contribution in [0.25, 0.3) is 27.9 Å². The first-order valence-electron chi connectivity index (χ1n) is 6.14. The molecule has 0 unspecified atom stereocenters. The Morgan fingerprint density at radius 3 is 2.75 bits per heavy atom. The van der Waals surface area contributed by atoms with Crippen LogP contribution >= 0.6 is 0 Å². The van der Waals surface area contributed by atoms with Crippen molar-refractivity contribution < 1.29 is 4.42 Å². The summed E-state index contributed by atoms with van der Waals surface area (Å²) >= 11 is 0. The Kier molecular flexibility index (Phi) is 2.15. The van der Waals surface area contributed by atoms with E-state index in [2.05, 4.69) is 34.2 Å². The number of fused-ring (bicyclic) bond motifs is 2. The molecule has 0 fully saturated rings. The highest BCUT2D eigenvalue weighted by molar-refractivity contribution is 5.92. The van der Waals surface area contributed by atoms with Crippen LogP contribution in [-0.4, -0.2) is 14.6 Å². The molecule has 2 aliphatic rings. The van der Waals surface area contributed by atoms with E-state index in [-0.39, 0.29) is 0 Å². The zero-order valence-corrected chi connectivity index (χ0v) is 10.4. The quantitative estimate of drug-likeness (QED) is 0.401. The molecule has 0 amide bonds. The van der Waals surface area contributed by atoms with E-state index >= 15 is 0 Å². The van der Waals surface area contributed by atoms with Gasteiger partial charge in [0.25, 0.3) is 0 Å². The van der Waals surface area contributed by atoms with Crippen LogP contribution in [0.4, 0.5) is 0 Å². The molecule has 94 valence electrons. The standard InChI is InChI=1S/C8H5N3.C8H4O/c1-2-7-6-8-9-4-3-5-11(8)10-7;1-2-7-6-3-5(1)8(4-6)9-7/h1,3-6H;1-4H. The van der Waals surface area contributed by atoms with E-state index in [0.29, 0.717) is 5.69 Å². The van der Waals surface area contributed by atoms with E-state index in [9.17, 15) is 0 Å². The lowest BCUT2D eigenvalue weighted by molar-refractivity contribution is 0.626. The lowest BCUT2D eigenvalue weighted by Crippen LogP contribution is -1.86. The van der Waals surface area contributed by atoms with Gasteiger partial charge in [-0.15, -0.1) is 6.42 Å². The maximum Gasteiger partial charge on any atom is 0.156 e. The number of nitrogens with zero attached hydrogens (tertiary/aromatic N) is 3. The lowest BCUT2D eigenvalue weighted by atomic mass is 10.2. The fourth-order valence-electron chi connectivity index (χ4n) is 2.24. The first-order valence-corrected chi connectivity index (χ1v) is 6.14. The molecule has 3 aromatic heterocycles. The second kappa shape index (κ2) is 3.97. The van der Waals surface area contributed by atoms with Crippen LogP contribution in [0.15, 0.2) is 53.2 Å². The minimum absolute atomic E-state index is 0.615. The van der Waals surface area contributed by atoms with Crippen molar-refractivity contribution in [2.24, 2.45) is 0 Å². The van der Waals surface area contributed by atoms with Crippen molar-refractivity contribution in [1.29, 1.82) is 0 Å². The van der Waals surface area contributed by atoms with Gasteiger partial charge in [-0.2, -0.15) is 5.10 Å². The first-order chi connectivity index (χ1) is 9.83. The minimum Gasteiger partial charge on any atom is -0.456 e. The zero-order valence-electron chi connectivity index (χ0n) is 10.4. The molecule has 0 N–H and O–H groups in total. The molecular weight excluding hydrogens is 250 g/mol. The van der Waals surface area contributed by atoms with Crippen LogP contribution in [-0.2, 0) is 0 Å². The Labute approximate surface area is 114 Å². The Hall–Kier alpha value is -3.06. The average molecular weight is 259 g/mol. The van der Waals surface area contributed by atoms with Crippen LogP contribution in [0.5, 0.6) is 0 Å². The molecule has 6 rings (SSSR count). The molecule has 0 atom stereocenters. The van der Waals surface area contributed by atoms with Gasteiger partial charge in [0, 0.05) is 29.4 Å². The summed E-state index contributed by atoms with van der Waals surface area (Å²) in [6, 6.07) is 11.9. The van der Waals surface area contributed by atoms with Crippen LogP contribution in [0, 0.1) is 12.3 Å². The topological polar surface area (TPSA) is 43.3 Å². The Bertz CT molecular complexity index is 926. The second-order valence-corrected chi connectivity index (χ2v) is 4.46. The Morgan fingerprint density at radius 1 is 1.20 bits per heavy atom. The Balaban J connectivity index is 0.000000107. The molecular formula is C16H9N3O. The van der Waals surface area contributed by atoms with Crippen LogP contribution < -0.4 is 0 Å². The maximum atomic E-state index is 5.34. The third-order valence-corrected chi connectivity index (χ3v) is 3.18.